The minimum atomic E-state index is -1.12. The maximum Gasteiger partial charge on any atom is 0.354 e. The fourth-order valence-corrected chi connectivity index (χ4v) is 3.09. The summed E-state index contributed by atoms with van der Waals surface area (Å²) in [6.07, 6.45) is 1.38. The zero-order chi connectivity index (χ0) is 21.1. The molecular formula is C24H18N2O4. The number of ether oxygens (including phenoxy) is 1. The number of benzene rings is 3. The van der Waals surface area contributed by atoms with Gasteiger partial charge in [0, 0.05) is 23.5 Å². The third-order valence-corrected chi connectivity index (χ3v) is 4.59. The Morgan fingerprint density at radius 1 is 0.933 bits per heavy atom. The molecule has 0 aliphatic rings. The number of aryl methyl sites for hydroxylation is 1. The van der Waals surface area contributed by atoms with Gasteiger partial charge in [0.2, 0.25) is 0 Å². The second kappa shape index (κ2) is 8.05. The number of carboxylic acids is 1. The highest BCUT2D eigenvalue weighted by Crippen LogP contribution is 2.28. The zero-order valence-electron chi connectivity index (χ0n) is 16.1. The Bertz CT molecular complexity index is 1250. The predicted molar refractivity (Wildman–Crippen MR) is 114 cm³/mol. The molecule has 6 nitrogen and oxygen atoms in total. The van der Waals surface area contributed by atoms with Gasteiger partial charge in [-0.3, -0.25) is 4.79 Å². The number of aromatic nitrogens is 1. The molecule has 6 heteroatoms. The Balaban J connectivity index is 1.60. The van der Waals surface area contributed by atoms with E-state index in [1.807, 2.05) is 49.4 Å². The van der Waals surface area contributed by atoms with E-state index in [-0.39, 0.29) is 11.6 Å². The molecule has 0 aliphatic heterocycles. The van der Waals surface area contributed by atoms with Crippen molar-refractivity contribution in [2.45, 2.75) is 6.92 Å². The van der Waals surface area contributed by atoms with Crippen LogP contribution in [0, 0.1) is 6.92 Å². The number of carboxylic acid groups (broad SMARTS) is 1. The topological polar surface area (TPSA) is 88.5 Å². The molecule has 0 saturated heterocycles. The SMILES string of the molecule is Cc1ccc(NC(=O)c2cccc3cc(Oc4ccnc(C(=O)O)c4)ccc23)cc1. The maximum atomic E-state index is 12.8. The number of rotatable bonds is 5. The molecule has 0 fully saturated rings. The van der Waals surface area contributed by atoms with Gasteiger partial charge < -0.3 is 15.2 Å². The molecule has 3 aromatic carbocycles. The highest BCUT2D eigenvalue weighted by atomic mass is 16.5. The van der Waals surface area contributed by atoms with Crippen LogP contribution in [0.3, 0.4) is 0 Å². The first-order chi connectivity index (χ1) is 14.5. The summed E-state index contributed by atoms with van der Waals surface area (Å²) >= 11 is 0. The smallest absolute Gasteiger partial charge is 0.354 e. The molecule has 148 valence electrons. The second-order valence-corrected chi connectivity index (χ2v) is 6.79. The van der Waals surface area contributed by atoms with E-state index in [2.05, 4.69) is 10.3 Å². The van der Waals surface area contributed by atoms with Crippen molar-refractivity contribution in [2.75, 3.05) is 5.32 Å². The predicted octanol–water partition coefficient (Wildman–Crippen LogP) is 5.29. The molecule has 0 aliphatic carbocycles. The molecule has 2 N–H and O–H groups in total. The molecule has 0 bridgehead atoms. The molecule has 30 heavy (non-hydrogen) atoms. The molecule has 1 amide bonds. The first kappa shape index (κ1) is 19.1. The van der Waals surface area contributed by atoms with Crippen LogP contribution in [0.25, 0.3) is 10.8 Å². The first-order valence-electron chi connectivity index (χ1n) is 9.27. The number of amides is 1. The van der Waals surface area contributed by atoms with Gasteiger partial charge in [-0.05, 0) is 60.2 Å². The Kier molecular flexibility index (Phi) is 5.13. The minimum Gasteiger partial charge on any atom is -0.477 e. The Morgan fingerprint density at radius 2 is 1.70 bits per heavy atom. The van der Waals surface area contributed by atoms with Crippen LogP contribution >= 0.6 is 0 Å². The lowest BCUT2D eigenvalue weighted by Crippen LogP contribution is -2.12. The number of carbonyl (C=O) groups is 2. The maximum absolute atomic E-state index is 12.8. The van der Waals surface area contributed by atoms with Crippen molar-refractivity contribution >= 4 is 28.3 Å². The molecule has 1 aromatic heterocycles. The molecule has 0 atom stereocenters. The van der Waals surface area contributed by atoms with E-state index in [1.54, 1.807) is 24.3 Å². The van der Waals surface area contributed by atoms with Crippen LogP contribution in [0.1, 0.15) is 26.4 Å². The molecule has 0 spiro atoms. The van der Waals surface area contributed by atoms with Crippen molar-refractivity contribution in [2.24, 2.45) is 0 Å². The molecular weight excluding hydrogens is 380 g/mol. The van der Waals surface area contributed by atoms with Gasteiger partial charge in [0.1, 0.15) is 11.5 Å². The molecule has 1 heterocycles. The summed E-state index contributed by atoms with van der Waals surface area (Å²) in [5.41, 5.74) is 2.31. The van der Waals surface area contributed by atoms with Crippen LogP contribution in [0.2, 0.25) is 0 Å². The second-order valence-electron chi connectivity index (χ2n) is 6.79. The fourth-order valence-electron chi connectivity index (χ4n) is 3.09. The van der Waals surface area contributed by atoms with Crippen LogP contribution in [0.5, 0.6) is 11.5 Å². The third kappa shape index (κ3) is 4.12. The molecule has 4 aromatic rings. The number of pyridine rings is 1. The summed E-state index contributed by atoms with van der Waals surface area (Å²) in [5.74, 6) is -0.419. The lowest BCUT2D eigenvalue weighted by atomic mass is 10.0. The van der Waals surface area contributed by atoms with Crippen molar-refractivity contribution in [3.63, 3.8) is 0 Å². The highest BCUT2D eigenvalue weighted by Gasteiger charge is 2.12. The molecule has 0 saturated carbocycles. The van der Waals surface area contributed by atoms with Crippen molar-refractivity contribution in [3.8, 4) is 11.5 Å². The zero-order valence-corrected chi connectivity index (χ0v) is 16.1. The summed E-state index contributed by atoms with van der Waals surface area (Å²) in [5, 5.41) is 13.6. The number of fused-ring (bicyclic) bond motifs is 1. The fraction of sp³-hybridized carbons (Fsp3) is 0.0417. The van der Waals surface area contributed by atoms with Gasteiger partial charge in [0.05, 0.1) is 0 Å². The Morgan fingerprint density at radius 3 is 2.47 bits per heavy atom. The van der Waals surface area contributed by atoms with E-state index >= 15 is 0 Å². The molecule has 0 unspecified atom stereocenters. The van der Waals surface area contributed by atoms with Crippen LogP contribution in [-0.4, -0.2) is 22.0 Å². The first-order valence-corrected chi connectivity index (χ1v) is 9.27. The van der Waals surface area contributed by atoms with E-state index in [0.29, 0.717) is 17.1 Å². The van der Waals surface area contributed by atoms with Crippen molar-refractivity contribution < 1.29 is 19.4 Å². The van der Waals surface area contributed by atoms with Gasteiger partial charge in [0.15, 0.2) is 5.69 Å². The van der Waals surface area contributed by atoms with Gasteiger partial charge in [0.25, 0.3) is 5.91 Å². The Hall–Kier alpha value is -4.19. The van der Waals surface area contributed by atoms with Crippen LogP contribution in [0.4, 0.5) is 5.69 Å². The summed E-state index contributed by atoms with van der Waals surface area (Å²) in [6.45, 7) is 1.99. The third-order valence-electron chi connectivity index (χ3n) is 4.59. The van der Waals surface area contributed by atoms with Gasteiger partial charge in [-0.2, -0.15) is 0 Å². The number of hydrogen-bond donors (Lipinski definition) is 2. The number of aromatic carboxylic acids is 1. The van der Waals surface area contributed by atoms with Gasteiger partial charge >= 0.3 is 5.97 Å². The average molecular weight is 398 g/mol. The highest BCUT2D eigenvalue weighted by molar-refractivity contribution is 6.13. The number of anilines is 1. The number of hydrogen-bond acceptors (Lipinski definition) is 4. The Labute approximate surface area is 172 Å². The summed E-state index contributed by atoms with van der Waals surface area (Å²) in [4.78, 5) is 27.6. The van der Waals surface area contributed by atoms with E-state index in [0.717, 1.165) is 22.0 Å². The minimum absolute atomic E-state index is 0.0941. The summed E-state index contributed by atoms with van der Waals surface area (Å²) in [7, 11) is 0. The van der Waals surface area contributed by atoms with Crippen LogP contribution in [-0.2, 0) is 0 Å². The van der Waals surface area contributed by atoms with Crippen molar-refractivity contribution in [1.29, 1.82) is 0 Å². The summed E-state index contributed by atoms with van der Waals surface area (Å²) in [6, 6.07) is 21.4. The molecule has 4 rings (SSSR count). The van der Waals surface area contributed by atoms with Gasteiger partial charge in [-0.1, -0.05) is 29.8 Å². The van der Waals surface area contributed by atoms with E-state index in [9.17, 15) is 9.59 Å². The largest absolute Gasteiger partial charge is 0.477 e. The van der Waals surface area contributed by atoms with Crippen molar-refractivity contribution in [3.05, 3.63) is 95.8 Å². The van der Waals surface area contributed by atoms with Gasteiger partial charge in [-0.25, -0.2) is 9.78 Å². The summed E-state index contributed by atoms with van der Waals surface area (Å²) < 4.78 is 5.78. The standard InChI is InChI=1S/C24H18N2O4/c1-15-5-7-17(8-6-15)26-23(27)21-4-2-3-16-13-18(9-10-20(16)21)30-19-11-12-25-22(14-19)24(28)29/h2-14H,1H3,(H,26,27)(H,28,29). The number of nitrogens with one attached hydrogen (secondary N) is 1. The van der Waals surface area contributed by atoms with Crippen molar-refractivity contribution in [1.82, 2.24) is 4.98 Å². The van der Waals surface area contributed by atoms with E-state index in [1.165, 1.54) is 12.3 Å². The lowest BCUT2D eigenvalue weighted by molar-refractivity contribution is 0.0690. The van der Waals surface area contributed by atoms with E-state index in [4.69, 9.17) is 9.84 Å². The normalized spacial score (nSPS) is 10.6. The monoisotopic (exact) mass is 398 g/mol. The number of carbonyl (C=O) groups excluding carboxylic acids is 1. The van der Waals surface area contributed by atoms with E-state index < -0.39 is 5.97 Å². The van der Waals surface area contributed by atoms with Crippen LogP contribution < -0.4 is 10.1 Å². The van der Waals surface area contributed by atoms with Gasteiger partial charge in [-0.15, -0.1) is 0 Å². The lowest BCUT2D eigenvalue weighted by Gasteiger charge is -2.11. The number of nitrogens with zero attached hydrogens (tertiary/aromatic N) is 1. The quantitative estimate of drug-likeness (QED) is 0.477. The average Bonchev–Trinajstić information content (AvgIpc) is 2.75. The molecule has 0 radical (unpaired) electrons. The van der Waals surface area contributed by atoms with Crippen LogP contribution in [0.15, 0.2) is 79.0 Å².